The fourth-order valence-corrected chi connectivity index (χ4v) is 4.38. The highest BCUT2D eigenvalue weighted by Crippen LogP contribution is 2.28. The molecule has 0 unspecified atom stereocenters. The zero-order valence-electron chi connectivity index (χ0n) is 11.1. The zero-order valence-corrected chi connectivity index (χ0v) is 14.0. The van der Waals surface area contributed by atoms with Gasteiger partial charge in [-0.3, -0.25) is 0 Å². The molecule has 0 aliphatic heterocycles. The lowest BCUT2D eigenvalue weighted by Crippen LogP contribution is -2.07. The van der Waals surface area contributed by atoms with Gasteiger partial charge in [-0.15, -0.1) is 0 Å². The van der Waals surface area contributed by atoms with Crippen molar-refractivity contribution in [2.45, 2.75) is 30.6 Å². The Labute approximate surface area is 127 Å². The van der Waals surface area contributed by atoms with E-state index in [2.05, 4.69) is 22.6 Å². The number of rotatable bonds is 2. The van der Waals surface area contributed by atoms with Gasteiger partial charge in [-0.2, -0.15) is 0 Å². The molecule has 0 atom stereocenters. The number of hydrogen-bond acceptors (Lipinski definition) is 2. The van der Waals surface area contributed by atoms with Crippen LogP contribution in [0.2, 0.25) is 0 Å². The summed E-state index contributed by atoms with van der Waals surface area (Å²) in [6.07, 6.45) is 0. The van der Waals surface area contributed by atoms with Gasteiger partial charge in [-0.1, -0.05) is 17.7 Å². The standard InChI is InChI=1S/C15H15IO2S/c1-10-8-11(2)15(12(3)9-10)19(17,18)14-6-4-13(16)5-7-14/h4-9H,1-3H3. The fraction of sp³-hybridized carbons (Fsp3) is 0.200. The molecule has 100 valence electrons. The maximum absolute atomic E-state index is 12.7. The number of benzene rings is 2. The van der Waals surface area contributed by atoms with E-state index in [-0.39, 0.29) is 0 Å². The van der Waals surface area contributed by atoms with Gasteiger partial charge >= 0.3 is 0 Å². The first-order chi connectivity index (χ1) is 8.82. The van der Waals surface area contributed by atoms with E-state index in [0.29, 0.717) is 9.79 Å². The maximum atomic E-state index is 12.7. The van der Waals surface area contributed by atoms with Crippen LogP contribution in [0.1, 0.15) is 16.7 Å². The van der Waals surface area contributed by atoms with Crippen LogP contribution in [-0.2, 0) is 9.84 Å². The Morgan fingerprint density at radius 3 is 1.84 bits per heavy atom. The van der Waals surface area contributed by atoms with Crippen LogP contribution in [-0.4, -0.2) is 8.42 Å². The lowest BCUT2D eigenvalue weighted by atomic mass is 10.1. The van der Waals surface area contributed by atoms with Crippen molar-refractivity contribution in [1.29, 1.82) is 0 Å². The van der Waals surface area contributed by atoms with E-state index < -0.39 is 9.84 Å². The molecule has 0 heterocycles. The minimum atomic E-state index is -3.44. The highest BCUT2D eigenvalue weighted by molar-refractivity contribution is 14.1. The first kappa shape index (κ1) is 14.5. The number of aryl methyl sites for hydroxylation is 3. The van der Waals surface area contributed by atoms with E-state index in [4.69, 9.17) is 0 Å². The van der Waals surface area contributed by atoms with Gasteiger partial charge in [0.15, 0.2) is 0 Å². The smallest absolute Gasteiger partial charge is 0.207 e. The molecule has 0 N–H and O–H groups in total. The predicted molar refractivity (Wildman–Crippen MR) is 85.3 cm³/mol. The van der Waals surface area contributed by atoms with Crippen molar-refractivity contribution in [2.75, 3.05) is 0 Å². The summed E-state index contributed by atoms with van der Waals surface area (Å²) >= 11 is 2.16. The number of hydrogen-bond donors (Lipinski definition) is 0. The second kappa shape index (κ2) is 5.25. The normalized spacial score (nSPS) is 11.6. The fourth-order valence-electron chi connectivity index (χ4n) is 2.32. The third-order valence-electron chi connectivity index (χ3n) is 3.00. The Bertz CT molecular complexity index is 693. The van der Waals surface area contributed by atoms with E-state index in [9.17, 15) is 8.42 Å². The molecule has 0 fully saturated rings. The molecule has 0 radical (unpaired) electrons. The van der Waals surface area contributed by atoms with Gasteiger partial charge in [0.25, 0.3) is 0 Å². The molecule has 2 aromatic carbocycles. The van der Waals surface area contributed by atoms with E-state index in [1.807, 2.05) is 45.0 Å². The van der Waals surface area contributed by atoms with Crippen LogP contribution >= 0.6 is 22.6 Å². The third kappa shape index (κ3) is 2.84. The quantitative estimate of drug-likeness (QED) is 0.730. The zero-order chi connectivity index (χ0) is 14.2. The van der Waals surface area contributed by atoms with Crippen molar-refractivity contribution in [3.05, 3.63) is 56.7 Å². The Balaban J connectivity index is 2.67. The minimum Gasteiger partial charge on any atom is -0.218 e. The van der Waals surface area contributed by atoms with Crippen LogP contribution < -0.4 is 0 Å². The molecule has 4 heteroatoms. The first-order valence-corrected chi connectivity index (χ1v) is 8.47. The average molecular weight is 386 g/mol. The van der Waals surface area contributed by atoms with E-state index in [1.54, 1.807) is 12.1 Å². The Hall–Kier alpha value is -0.880. The molecule has 0 saturated carbocycles. The first-order valence-electron chi connectivity index (χ1n) is 5.91. The van der Waals surface area contributed by atoms with Crippen molar-refractivity contribution >= 4 is 32.4 Å². The van der Waals surface area contributed by atoms with Crippen LogP contribution in [0.5, 0.6) is 0 Å². The lowest BCUT2D eigenvalue weighted by molar-refractivity contribution is 0.595. The summed E-state index contributed by atoms with van der Waals surface area (Å²) in [6, 6.07) is 10.8. The Kier molecular flexibility index (Phi) is 4.01. The van der Waals surface area contributed by atoms with Crippen molar-refractivity contribution in [3.63, 3.8) is 0 Å². The average Bonchev–Trinajstić information content (AvgIpc) is 2.27. The molecule has 0 saturated heterocycles. The second-order valence-corrected chi connectivity index (χ2v) is 7.82. The SMILES string of the molecule is Cc1cc(C)c(S(=O)(=O)c2ccc(I)cc2)c(C)c1. The molecule has 2 nitrogen and oxygen atoms in total. The summed E-state index contributed by atoms with van der Waals surface area (Å²) < 4.78 is 26.4. The topological polar surface area (TPSA) is 34.1 Å². The summed E-state index contributed by atoms with van der Waals surface area (Å²) in [5.74, 6) is 0. The van der Waals surface area contributed by atoms with Crippen LogP contribution in [0.25, 0.3) is 0 Å². The van der Waals surface area contributed by atoms with E-state index in [1.165, 1.54) is 0 Å². The Morgan fingerprint density at radius 1 is 0.895 bits per heavy atom. The summed E-state index contributed by atoms with van der Waals surface area (Å²) in [6.45, 7) is 5.67. The lowest BCUT2D eigenvalue weighted by Gasteiger charge is -2.12. The molecule has 2 rings (SSSR count). The molecule has 19 heavy (non-hydrogen) atoms. The molecule has 0 spiro atoms. The van der Waals surface area contributed by atoms with Gasteiger partial charge in [-0.25, -0.2) is 8.42 Å². The molecule has 2 aromatic rings. The van der Waals surface area contributed by atoms with E-state index >= 15 is 0 Å². The summed E-state index contributed by atoms with van der Waals surface area (Å²) in [4.78, 5) is 0.780. The van der Waals surface area contributed by atoms with Crippen LogP contribution in [0.15, 0.2) is 46.2 Å². The highest BCUT2D eigenvalue weighted by Gasteiger charge is 2.22. The molecule has 0 aromatic heterocycles. The van der Waals surface area contributed by atoms with Crippen LogP contribution in [0.4, 0.5) is 0 Å². The van der Waals surface area contributed by atoms with Crippen molar-refractivity contribution in [3.8, 4) is 0 Å². The Morgan fingerprint density at radius 2 is 1.37 bits per heavy atom. The van der Waals surface area contributed by atoms with Crippen molar-refractivity contribution < 1.29 is 8.42 Å². The predicted octanol–water partition coefficient (Wildman–Crippen LogP) is 4.05. The van der Waals surface area contributed by atoms with Gasteiger partial charge in [-0.05, 0) is 78.8 Å². The monoisotopic (exact) mass is 386 g/mol. The van der Waals surface area contributed by atoms with Gasteiger partial charge in [0, 0.05) is 3.57 Å². The van der Waals surface area contributed by atoms with Gasteiger partial charge < -0.3 is 0 Å². The molecular weight excluding hydrogens is 371 g/mol. The van der Waals surface area contributed by atoms with Crippen molar-refractivity contribution in [1.82, 2.24) is 0 Å². The summed E-state index contributed by atoms with van der Waals surface area (Å²) in [7, 11) is -3.44. The van der Waals surface area contributed by atoms with Gasteiger partial charge in [0.1, 0.15) is 0 Å². The van der Waals surface area contributed by atoms with Crippen LogP contribution in [0, 0.1) is 24.3 Å². The summed E-state index contributed by atoms with van der Waals surface area (Å²) in [5.41, 5.74) is 2.68. The maximum Gasteiger partial charge on any atom is 0.207 e. The van der Waals surface area contributed by atoms with E-state index in [0.717, 1.165) is 20.3 Å². The van der Waals surface area contributed by atoms with Gasteiger partial charge in [0.05, 0.1) is 9.79 Å². The molecule has 0 aliphatic carbocycles. The van der Waals surface area contributed by atoms with Crippen molar-refractivity contribution in [2.24, 2.45) is 0 Å². The summed E-state index contributed by atoms with van der Waals surface area (Å²) in [5, 5.41) is 0. The number of sulfone groups is 1. The molecule has 0 aliphatic rings. The molecule has 0 bridgehead atoms. The molecule has 0 amide bonds. The minimum absolute atomic E-state index is 0.350. The second-order valence-electron chi connectivity index (χ2n) is 4.69. The highest BCUT2D eigenvalue weighted by atomic mass is 127. The largest absolute Gasteiger partial charge is 0.218 e. The number of halogens is 1. The van der Waals surface area contributed by atoms with Crippen LogP contribution in [0.3, 0.4) is 0 Å². The van der Waals surface area contributed by atoms with Gasteiger partial charge in [0.2, 0.25) is 9.84 Å². The third-order valence-corrected chi connectivity index (χ3v) is 5.79. The molecular formula is C15H15IO2S.